The van der Waals surface area contributed by atoms with E-state index in [4.69, 9.17) is 10.8 Å². The van der Waals surface area contributed by atoms with E-state index in [1.807, 2.05) is 6.92 Å². The van der Waals surface area contributed by atoms with Crippen LogP contribution in [0.25, 0.3) is 0 Å². The minimum atomic E-state index is -1.04. The van der Waals surface area contributed by atoms with Gasteiger partial charge in [-0.15, -0.1) is 0 Å². The molecule has 3 nitrogen and oxygen atoms in total. The maximum absolute atomic E-state index is 10.3. The molecule has 0 spiro atoms. The highest BCUT2D eigenvalue weighted by molar-refractivity contribution is 14.1. The lowest BCUT2D eigenvalue weighted by Crippen LogP contribution is -2.27. The molecule has 0 aliphatic heterocycles. The predicted molar refractivity (Wildman–Crippen MR) is 47.6 cm³/mol. The van der Waals surface area contributed by atoms with Gasteiger partial charge in [0, 0.05) is 6.42 Å². The van der Waals surface area contributed by atoms with Gasteiger partial charge in [-0.25, -0.2) is 0 Å². The summed E-state index contributed by atoms with van der Waals surface area (Å²) >= 11 is 2.10. The standard InChI is InChI=1S/C6H10INO2/c1-4(7)2-3-5(9)6(8)10/h2,5,9H,3H2,1H3,(H2,8,10)/t5-/m0/s1. The number of primary amides is 1. The van der Waals surface area contributed by atoms with Gasteiger partial charge >= 0.3 is 0 Å². The van der Waals surface area contributed by atoms with Gasteiger partial charge in [-0.3, -0.25) is 4.79 Å². The Morgan fingerprint density at radius 2 is 2.40 bits per heavy atom. The van der Waals surface area contributed by atoms with Crippen molar-refractivity contribution in [2.75, 3.05) is 0 Å². The quantitative estimate of drug-likeness (QED) is 0.724. The smallest absolute Gasteiger partial charge is 0.246 e. The fraction of sp³-hybridized carbons (Fsp3) is 0.500. The van der Waals surface area contributed by atoms with Gasteiger partial charge in [-0.2, -0.15) is 0 Å². The number of amides is 1. The molecule has 0 aliphatic carbocycles. The molecule has 0 fully saturated rings. The Hall–Kier alpha value is -0.100. The first kappa shape index (κ1) is 9.90. The monoisotopic (exact) mass is 255 g/mol. The van der Waals surface area contributed by atoms with Crippen molar-refractivity contribution in [3.63, 3.8) is 0 Å². The van der Waals surface area contributed by atoms with Crippen molar-refractivity contribution in [2.45, 2.75) is 19.4 Å². The van der Waals surface area contributed by atoms with Gasteiger partial charge < -0.3 is 10.8 Å². The van der Waals surface area contributed by atoms with E-state index in [0.717, 1.165) is 3.58 Å². The van der Waals surface area contributed by atoms with Crippen molar-refractivity contribution in [2.24, 2.45) is 5.73 Å². The predicted octanol–water partition coefficient (Wildman–Crippen LogP) is 0.562. The summed E-state index contributed by atoms with van der Waals surface area (Å²) < 4.78 is 1.04. The number of aliphatic hydroxyl groups is 1. The van der Waals surface area contributed by atoms with Gasteiger partial charge in [0.05, 0.1) is 0 Å². The SMILES string of the molecule is CC(I)=CC[C@H](O)C(N)=O. The minimum absolute atomic E-state index is 0.310. The first-order valence-electron chi connectivity index (χ1n) is 2.83. The second-order valence-electron chi connectivity index (χ2n) is 1.94. The molecule has 1 atom stereocenters. The molecule has 0 bridgehead atoms. The van der Waals surface area contributed by atoms with Crippen LogP contribution >= 0.6 is 22.6 Å². The van der Waals surface area contributed by atoms with Crippen LogP contribution < -0.4 is 5.73 Å². The second kappa shape index (κ2) is 4.68. The molecule has 0 aliphatic rings. The normalized spacial score (nSPS) is 14.9. The molecule has 58 valence electrons. The van der Waals surface area contributed by atoms with E-state index in [-0.39, 0.29) is 0 Å². The number of nitrogens with two attached hydrogens (primary N) is 1. The van der Waals surface area contributed by atoms with Gasteiger partial charge in [-0.1, -0.05) is 6.08 Å². The van der Waals surface area contributed by atoms with E-state index in [9.17, 15) is 4.79 Å². The molecule has 0 saturated carbocycles. The molecule has 10 heavy (non-hydrogen) atoms. The molecular formula is C6H10INO2. The summed E-state index contributed by atoms with van der Waals surface area (Å²) in [6.07, 6.45) is 1.03. The topological polar surface area (TPSA) is 63.3 Å². The fourth-order valence-corrected chi connectivity index (χ4v) is 0.644. The van der Waals surface area contributed by atoms with Gasteiger partial charge in [-0.05, 0) is 33.1 Å². The second-order valence-corrected chi connectivity index (χ2v) is 3.65. The summed E-state index contributed by atoms with van der Waals surface area (Å²) in [5, 5.41) is 8.85. The maximum Gasteiger partial charge on any atom is 0.246 e. The number of hydrogen-bond acceptors (Lipinski definition) is 2. The average molecular weight is 255 g/mol. The largest absolute Gasteiger partial charge is 0.383 e. The first-order chi connectivity index (χ1) is 4.54. The molecule has 0 aromatic heterocycles. The summed E-state index contributed by atoms with van der Waals surface area (Å²) in [4.78, 5) is 10.3. The molecule has 3 N–H and O–H groups in total. The Kier molecular flexibility index (Phi) is 4.63. The molecule has 0 saturated heterocycles. The van der Waals surface area contributed by atoms with Gasteiger partial charge in [0.2, 0.25) is 5.91 Å². The molecule has 4 heteroatoms. The van der Waals surface area contributed by atoms with Crippen LogP contribution in [-0.4, -0.2) is 17.1 Å². The minimum Gasteiger partial charge on any atom is -0.383 e. The summed E-state index contributed by atoms with van der Waals surface area (Å²) in [5.74, 6) is -0.672. The van der Waals surface area contributed by atoms with Crippen molar-refractivity contribution >= 4 is 28.5 Å². The van der Waals surface area contributed by atoms with Crippen LogP contribution in [0.4, 0.5) is 0 Å². The van der Waals surface area contributed by atoms with Crippen molar-refractivity contribution in [1.82, 2.24) is 0 Å². The van der Waals surface area contributed by atoms with Gasteiger partial charge in [0.15, 0.2) is 0 Å². The fourth-order valence-electron chi connectivity index (χ4n) is 0.390. The van der Waals surface area contributed by atoms with Crippen LogP contribution in [0.3, 0.4) is 0 Å². The van der Waals surface area contributed by atoms with E-state index in [2.05, 4.69) is 22.6 Å². The lowest BCUT2D eigenvalue weighted by atomic mass is 10.2. The zero-order valence-electron chi connectivity index (χ0n) is 5.67. The van der Waals surface area contributed by atoms with Crippen molar-refractivity contribution in [1.29, 1.82) is 0 Å². The van der Waals surface area contributed by atoms with Crippen LogP contribution in [-0.2, 0) is 4.79 Å². The van der Waals surface area contributed by atoms with E-state index in [0.29, 0.717) is 6.42 Å². The Balaban J connectivity index is 3.70. The molecule has 0 heterocycles. The lowest BCUT2D eigenvalue weighted by Gasteiger charge is -2.00. The third-order valence-electron chi connectivity index (χ3n) is 0.951. The number of allylic oxidation sites excluding steroid dienone is 1. The van der Waals surface area contributed by atoms with Crippen LogP contribution in [0.5, 0.6) is 0 Å². The molecule has 0 aromatic rings. The molecular weight excluding hydrogens is 245 g/mol. The number of carbonyl (C=O) groups is 1. The highest BCUT2D eigenvalue weighted by Crippen LogP contribution is 2.05. The summed E-state index contributed by atoms with van der Waals surface area (Å²) in [6.45, 7) is 1.88. The number of hydrogen-bond donors (Lipinski definition) is 2. The molecule has 0 rings (SSSR count). The Morgan fingerprint density at radius 1 is 1.90 bits per heavy atom. The number of carbonyl (C=O) groups excluding carboxylic acids is 1. The summed E-state index contributed by atoms with van der Waals surface area (Å²) in [7, 11) is 0. The summed E-state index contributed by atoms with van der Waals surface area (Å²) in [6, 6.07) is 0. The molecule has 0 unspecified atom stereocenters. The van der Waals surface area contributed by atoms with E-state index < -0.39 is 12.0 Å². The van der Waals surface area contributed by atoms with Crippen LogP contribution in [0.2, 0.25) is 0 Å². The maximum atomic E-state index is 10.3. The zero-order valence-corrected chi connectivity index (χ0v) is 7.83. The molecule has 1 amide bonds. The average Bonchev–Trinajstić information content (AvgIpc) is 1.82. The third kappa shape index (κ3) is 4.75. The van der Waals surface area contributed by atoms with Crippen molar-refractivity contribution in [3.8, 4) is 0 Å². The van der Waals surface area contributed by atoms with E-state index >= 15 is 0 Å². The zero-order chi connectivity index (χ0) is 8.15. The number of halogens is 1. The van der Waals surface area contributed by atoms with Crippen molar-refractivity contribution in [3.05, 3.63) is 9.66 Å². The highest BCUT2D eigenvalue weighted by Gasteiger charge is 2.07. The lowest BCUT2D eigenvalue weighted by molar-refractivity contribution is -0.125. The molecule has 0 radical (unpaired) electrons. The Bertz CT molecular complexity index is 152. The Morgan fingerprint density at radius 3 is 2.70 bits per heavy atom. The van der Waals surface area contributed by atoms with E-state index in [1.54, 1.807) is 6.08 Å². The number of aliphatic hydroxyl groups excluding tert-OH is 1. The van der Waals surface area contributed by atoms with Crippen LogP contribution in [0.15, 0.2) is 9.66 Å². The van der Waals surface area contributed by atoms with Crippen molar-refractivity contribution < 1.29 is 9.90 Å². The third-order valence-corrected chi connectivity index (χ3v) is 1.39. The highest BCUT2D eigenvalue weighted by atomic mass is 127. The Labute approximate surface area is 73.4 Å². The molecule has 0 aromatic carbocycles. The first-order valence-corrected chi connectivity index (χ1v) is 3.91. The summed E-state index contributed by atoms with van der Waals surface area (Å²) in [5.41, 5.74) is 4.80. The van der Waals surface area contributed by atoms with Crippen LogP contribution in [0.1, 0.15) is 13.3 Å². The van der Waals surface area contributed by atoms with Gasteiger partial charge in [0.25, 0.3) is 0 Å². The van der Waals surface area contributed by atoms with Gasteiger partial charge in [0.1, 0.15) is 6.10 Å². The number of rotatable bonds is 3. The van der Waals surface area contributed by atoms with Crippen LogP contribution in [0, 0.1) is 0 Å². The van der Waals surface area contributed by atoms with E-state index in [1.165, 1.54) is 0 Å².